The Bertz CT molecular complexity index is 1460. The number of nitrogens with one attached hydrogen (secondary N) is 1. The van der Waals surface area contributed by atoms with Gasteiger partial charge in [0.25, 0.3) is 12.4 Å². The number of hydrogen-bond acceptors (Lipinski definition) is 8. The molecule has 0 saturated carbocycles. The number of piperazine rings is 1. The predicted octanol–water partition coefficient (Wildman–Crippen LogP) is 3.76. The van der Waals surface area contributed by atoms with Crippen LogP contribution in [0, 0.1) is 13.8 Å². The first kappa shape index (κ1) is 33.7. The zero-order valence-corrected chi connectivity index (χ0v) is 28.0. The van der Waals surface area contributed by atoms with Crippen molar-refractivity contribution >= 4 is 30.2 Å². The molecule has 1 atom stereocenters. The summed E-state index contributed by atoms with van der Waals surface area (Å²) in [4.78, 5) is 59.6. The summed E-state index contributed by atoms with van der Waals surface area (Å²) < 4.78 is 16.8. The molecule has 0 aromatic heterocycles. The van der Waals surface area contributed by atoms with Crippen molar-refractivity contribution in [2.24, 2.45) is 0 Å². The van der Waals surface area contributed by atoms with Crippen LogP contribution < -0.4 is 10.1 Å². The van der Waals surface area contributed by atoms with Gasteiger partial charge >= 0.3 is 12.1 Å². The number of nitrogens with zero attached hydrogens (tertiary/aromatic N) is 4. The Balaban J connectivity index is 1.10. The number of ether oxygens (including phenoxy) is 3. The molecule has 4 amide bonds. The fraction of sp³-hybridized carbons (Fsp3) is 0.556. The van der Waals surface area contributed by atoms with Gasteiger partial charge in [-0.25, -0.2) is 9.59 Å². The summed E-state index contributed by atoms with van der Waals surface area (Å²) in [5, 5.41) is 3.04. The molecule has 1 unspecified atom stereocenters. The zero-order chi connectivity index (χ0) is 33.6. The number of likely N-dealkylation sites (tertiary alicyclic amines) is 1. The number of aryl methyl sites for hydroxylation is 2. The summed E-state index contributed by atoms with van der Waals surface area (Å²) >= 11 is 0. The second-order valence-corrected chi connectivity index (χ2v) is 13.3. The average molecular weight is 662 g/mol. The maximum absolute atomic E-state index is 14.0. The monoisotopic (exact) mass is 661 g/mol. The van der Waals surface area contributed by atoms with Gasteiger partial charge in [-0.1, -0.05) is 30.3 Å². The molecule has 12 nitrogen and oxygen atoms in total. The molecule has 258 valence electrons. The summed E-state index contributed by atoms with van der Waals surface area (Å²) in [7, 11) is 0. The number of carbonyl (C=O) groups is 4. The SMILES string of the molecule is Cc1cc(CC(OC(=O)N2CCC(N3CCc4ccccc4NC3=O)CC2)C(=O)N2CCN(C3CCOCC3)CC2)cc(C)c1OC=O. The number of amides is 4. The van der Waals surface area contributed by atoms with Crippen LogP contribution in [0.4, 0.5) is 15.3 Å². The molecular weight excluding hydrogens is 614 g/mol. The average Bonchev–Trinajstić information content (AvgIpc) is 3.27. The lowest BCUT2D eigenvalue weighted by molar-refractivity contribution is -0.143. The van der Waals surface area contributed by atoms with Crippen molar-refractivity contribution in [3.05, 3.63) is 58.7 Å². The van der Waals surface area contributed by atoms with Crippen LogP contribution in [0.2, 0.25) is 0 Å². The van der Waals surface area contributed by atoms with Crippen LogP contribution in [0.1, 0.15) is 47.9 Å². The molecule has 12 heteroatoms. The Kier molecular flexibility index (Phi) is 10.8. The van der Waals surface area contributed by atoms with E-state index in [1.807, 2.05) is 60.0 Å². The minimum absolute atomic E-state index is 0.00543. The van der Waals surface area contributed by atoms with E-state index in [0.29, 0.717) is 63.8 Å². The highest BCUT2D eigenvalue weighted by molar-refractivity contribution is 5.91. The van der Waals surface area contributed by atoms with Crippen molar-refractivity contribution in [3.63, 3.8) is 0 Å². The van der Waals surface area contributed by atoms with Gasteiger partial charge in [-0.2, -0.15) is 0 Å². The fourth-order valence-corrected chi connectivity index (χ4v) is 7.64. The third-order valence-corrected chi connectivity index (χ3v) is 10.3. The largest absolute Gasteiger partial charge is 0.436 e. The van der Waals surface area contributed by atoms with Gasteiger partial charge in [-0.05, 0) is 74.3 Å². The zero-order valence-electron chi connectivity index (χ0n) is 28.0. The van der Waals surface area contributed by atoms with Crippen molar-refractivity contribution in [2.75, 3.05) is 64.3 Å². The van der Waals surface area contributed by atoms with Gasteiger partial charge in [0.15, 0.2) is 6.10 Å². The highest BCUT2D eigenvalue weighted by Gasteiger charge is 2.36. The van der Waals surface area contributed by atoms with Gasteiger partial charge in [-0.3, -0.25) is 14.5 Å². The Morgan fingerprint density at radius 3 is 2.29 bits per heavy atom. The Labute approximate surface area is 282 Å². The molecule has 0 spiro atoms. The first-order valence-corrected chi connectivity index (χ1v) is 17.2. The molecule has 2 aromatic carbocycles. The second-order valence-electron chi connectivity index (χ2n) is 13.3. The highest BCUT2D eigenvalue weighted by Crippen LogP contribution is 2.28. The van der Waals surface area contributed by atoms with Crippen LogP contribution in [-0.2, 0) is 31.9 Å². The minimum Gasteiger partial charge on any atom is -0.436 e. The van der Waals surface area contributed by atoms with E-state index in [1.165, 1.54) is 0 Å². The van der Waals surface area contributed by atoms with E-state index < -0.39 is 12.2 Å². The van der Waals surface area contributed by atoms with Crippen molar-refractivity contribution < 1.29 is 33.4 Å². The van der Waals surface area contributed by atoms with Crippen molar-refractivity contribution in [1.82, 2.24) is 19.6 Å². The molecule has 4 aliphatic rings. The number of piperidine rings is 1. The van der Waals surface area contributed by atoms with Gasteiger partial charge in [0.1, 0.15) is 5.75 Å². The molecule has 0 radical (unpaired) electrons. The Morgan fingerprint density at radius 2 is 1.60 bits per heavy atom. The van der Waals surface area contributed by atoms with Crippen LogP contribution in [0.15, 0.2) is 36.4 Å². The van der Waals surface area contributed by atoms with Gasteiger partial charge < -0.3 is 34.2 Å². The van der Waals surface area contributed by atoms with Crippen LogP contribution in [0.3, 0.4) is 0 Å². The van der Waals surface area contributed by atoms with E-state index in [2.05, 4.69) is 10.2 Å². The van der Waals surface area contributed by atoms with Crippen molar-refractivity contribution in [2.45, 2.75) is 70.6 Å². The number of fused-ring (bicyclic) bond motifs is 1. The topological polar surface area (TPSA) is 121 Å². The molecular formula is C36H47N5O7. The smallest absolute Gasteiger partial charge is 0.410 e. The quantitative estimate of drug-likeness (QED) is 0.425. The Hall–Kier alpha value is -4.16. The fourth-order valence-electron chi connectivity index (χ4n) is 7.64. The first-order valence-electron chi connectivity index (χ1n) is 17.2. The molecule has 48 heavy (non-hydrogen) atoms. The highest BCUT2D eigenvalue weighted by atomic mass is 16.6. The van der Waals surface area contributed by atoms with Gasteiger partial charge in [0.2, 0.25) is 0 Å². The lowest BCUT2D eigenvalue weighted by atomic mass is 10.00. The number of carbonyl (C=O) groups excluding carboxylic acids is 4. The van der Waals surface area contributed by atoms with Crippen LogP contribution in [0.5, 0.6) is 5.75 Å². The van der Waals surface area contributed by atoms with Gasteiger partial charge in [0.05, 0.1) is 0 Å². The van der Waals surface area contributed by atoms with Crippen LogP contribution >= 0.6 is 0 Å². The van der Waals surface area contributed by atoms with E-state index in [-0.39, 0.29) is 24.4 Å². The number of anilines is 1. The minimum atomic E-state index is -1.00. The van der Waals surface area contributed by atoms with Crippen LogP contribution in [-0.4, -0.2) is 121 Å². The third kappa shape index (κ3) is 7.76. The molecule has 1 N–H and O–H groups in total. The summed E-state index contributed by atoms with van der Waals surface area (Å²) in [5.41, 5.74) is 4.32. The van der Waals surface area contributed by atoms with Crippen molar-refractivity contribution in [3.8, 4) is 5.75 Å². The van der Waals surface area contributed by atoms with E-state index in [9.17, 15) is 19.2 Å². The molecule has 2 aromatic rings. The second kappa shape index (κ2) is 15.4. The van der Waals surface area contributed by atoms with Gasteiger partial charge in [0, 0.05) is 83.2 Å². The number of para-hydroxylation sites is 1. The van der Waals surface area contributed by atoms with Crippen LogP contribution in [0.25, 0.3) is 0 Å². The standard InChI is InChI=1S/C36H47N5O7/c1-25-21-27(22-26(2)33(25)47-24-42)23-32(34(43)39-17-15-38(16-18-39)29-10-19-46-20-11-29)48-36(45)40-12-8-30(9-13-40)41-14-7-28-5-3-4-6-31(28)37-35(41)44/h3-6,21-22,24,29-30,32H,7-20,23H2,1-2H3,(H,37,44). The maximum Gasteiger partial charge on any atom is 0.410 e. The molecule has 4 aliphatic heterocycles. The maximum atomic E-state index is 14.0. The summed E-state index contributed by atoms with van der Waals surface area (Å²) in [6.45, 7) is 9.82. The lowest BCUT2D eigenvalue weighted by Crippen LogP contribution is -2.56. The normalized spacial score (nSPS) is 20.4. The molecule has 3 saturated heterocycles. The number of rotatable bonds is 8. The van der Waals surface area contributed by atoms with E-state index in [4.69, 9.17) is 14.2 Å². The summed E-state index contributed by atoms with van der Waals surface area (Å²) in [6, 6.07) is 12.0. The summed E-state index contributed by atoms with van der Waals surface area (Å²) in [6.07, 6.45) is 2.72. The van der Waals surface area contributed by atoms with Gasteiger partial charge in [-0.15, -0.1) is 0 Å². The third-order valence-electron chi connectivity index (χ3n) is 10.3. The van der Waals surface area contributed by atoms with Crippen molar-refractivity contribution in [1.29, 1.82) is 0 Å². The Morgan fingerprint density at radius 1 is 0.917 bits per heavy atom. The lowest BCUT2D eigenvalue weighted by Gasteiger charge is -2.41. The number of benzene rings is 2. The van der Waals surface area contributed by atoms with E-state index >= 15 is 0 Å². The first-order chi connectivity index (χ1) is 23.3. The molecule has 6 rings (SSSR count). The molecule has 0 bridgehead atoms. The predicted molar refractivity (Wildman–Crippen MR) is 179 cm³/mol. The van der Waals surface area contributed by atoms with E-state index in [0.717, 1.165) is 73.5 Å². The number of hydrogen-bond donors (Lipinski definition) is 1. The molecule has 3 fully saturated rings. The van der Waals surface area contributed by atoms with E-state index in [1.54, 1.807) is 4.90 Å². The number of urea groups is 1. The molecule has 4 heterocycles. The summed E-state index contributed by atoms with van der Waals surface area (Å²) in [5.74, 6) is 0.289. The molecule has 0 aliphatic carbocycles.